The summed E-state index contributed by atoms with van der Waals surface area (Å²) in [6.07, 6.45) is -0.589. The number of fused-ring (bicyclic) bond motifs is 1. The molecule has 1 saturated heterocycles. The average molecular weight is 491 g/mol. The Morgan fingerprint density at radius 1 is 0.944 bits per heavy atom. The van der Waals surface area contributed by atoms with Gasteiger partial charge in [-0.15, -0.1) is 0 Å². The molecule has 1 aliphatic rings. The Morgan fingerprint density at radius 3 is 2.44 bits per heavy atom. The molecule has 4 aromatic rings. The molecule has 1 fully saturated rings. The first kappa shape index (κ1) is 23.8. The van der Waals surface area contributed by atoms with Crippen LogP contribution < -0.4 is 10.5 Å². The number of nitrogens with zero attached hydrogens (tertiary/aromatic N) is 4. The van der Waals surface area contributed by atoms with Gasteiger partial charge in [-0.05, 0) is 73.7 Å². The first-order valence-corrected chi connectivity index (χ1v) is 11.8. The van der Waals surface area contributed by atoms with E-state index in [0.717, 1.165) is 46.6 Å². The third-order valence-corrected chi connectivity index (χ3v) is 6.76. The second kappa shape index (κ2) is 9.26. The third-order valence-electron chi connectivity index (χ3n) is 6.76. The number of anilines is 1. The molecular formula is C28H25F3N4O. The molecule has 5 rings (SSSR count). The second-order valence-electron chi connectivity index (χ2n) is 9.01. The van der Waals surface area contributed by atoms with Gasteiger partial charge in [0.15, 0.2) is 5.82 Å². The fourth-order valence-corrected chi connectivity index (χ4v) is 4.64. The molecule has 0 radical (unpaired) electrons. The molecule has 2 heterocycles. The molecule has 0 atom stereocenters. The monoisotopic (exact) mass is 490 g/mol. The third kappa shape index (κ3) is 4.39. The lowest BCUT2D eigenvalue weighted by Gasteiger charge is -2.22. The van der Waals surface area contributed by atoms with Crippen LogP contribution in [0.1, 0.15) is 35.1 Å². The first-order valence-electron chi connectivity index (χ1n) is 11.8. The van der Waals surface area contributed by atoms with Crippen LogP contribution in [-0.2, 0) is 6.18 Å². The van der Waals surface area contributed by atoms with Gasteiger partial charge in [0.2, 0.25) is 0 Å². The minimum absolute atomic E-state index is 0.0455. The van der Waals surface area contributed by atoms with E-state index in [1.54, 1.807) is 30.5 Å². The lowest BCUT2D eigenvalue weighted by atomic mass is 10.0. The summed E-state index contributed by atoms with van der Waals surface area (Å²) in [6.45, 7) is 6.14. The maximum absolute atomic E-state index is 13.4. The lowest BCUT2D eigenvalue weighted by Crippen LogP contribution is -2.21. The SMILES string of the molecule is Cc1c(C=Nn2c(-c3cccc(C(F)(F)F)c3)nc3ccccc3c2=O)ccc(N2CCCC2)c1C. The molecule has 0 unspecified atom stereocenters. The summed E-state index contributed by atoms with van der Waals surface area (Å²) < 4.78 is 41.3. The van der Waals surface area contributed by atoms with Gasteiger partial charge in [0, 0.05) is 24.3 Å². The van der Waals surface area contributed by atoms with Gasteiger partial charge in [-0.25, -0.2) is 4.98 Å². The molecule has 1 aromatic heterocycles. The lowest BCUT2D eigenvalue weighted by molar-refractivity contribution is -0.137. The van der Waals surface area contributed by atoms with Gasteiger partial charge in [0.1, 0.15) is 0 Å². The molecule has 1 aliphatic heterocycles. The number of alkyl halides is 3. The molecule has 0 spiro atoms. The summed E-state index contributed by atoms with van der Waals surface area (Å²) in [7, 11) is 0. The van der Waals surface area contributed by atoms with Crippen molar-refractivity contribution >= 4 is 22.8 Å². The van der Waals surface area contributed by atoms with Crippen LogP contribution in [0.2, 0.25) is 0 Å². The van der Waals surface area contributed by atoms with Crippen molar-refractivity contribution in [3.05, 3.63) is 93.3 Å². The largest absolute Gasteiger partial charge is 0.416 e. The van der Waals surface area contributed by atoms with E-state index in [1.165, 1.54) is 30.7 Å². The predicted octanol–water partition coefficient (Wildman–Crippen LogP) is 6.18. The predicted molar refractivity (Wildman–Crippen MR) is 137 cm³/mol. The van der Waals surface area contributed by atoms with Crippen LogP contribution in [0.25, 0.3) is 22.3 Å². The Labute approximate surface area is 206 Å². The summed E-state index contributed by atoms with van der Waals surface area (Å²) in [4.78, 5) is 20.3. The molecule has 3 aromatic carbocycles. The van der Waals surface area contributed by atoms with Crippen LogP contribution in [0.4, 0.5) is 18.9 Å². The Bertz CT molecular complexity index is 1530. The highest BCUT2D eigenvalue weighted by Gasteiger charge is 2.31. The van der Waals surface area contributed by atoms with Crippen molar-refractivity contribution in [2.45, 2.75) is 32.9 Å². The van der Waals surface area contributed by atoms with Gasteiger partial charge in [0.25, 0.3) is 5.56 Å². The summed E-state index contributed by atoms with van der Waals surface area (Å²) in [5.41, 5.74) is 3.47. The Balaban J connectivity index is 1.64. The smallest absolute Gasteiger partial charge is 0.371 e. The fourth-order valence-electron chi connectivity index (χ4n) is 4.64. The molecule has 0 N–H and O–H groups in total. The van der Waals surface area contributed by atoms with Crippen molar-refractivity contribution in [2.75, 3.05) is 18.0 Å². The van der Waals surface area contributed by atoms with Gasteiger partial charge < -0.3 is 4.90 Å². The van der Waals surface area contributed by atoms with Crippen molar-refractivity contribution in [1.82, 2.24) is 9.66 Å². The van der Waals surface area contributed by atoms with E-state index in [0.29, 0.717) is 10.9 Å². The average Bonchev–Trinajstić information content (AvgIpc) is 3.40. The van der Waals surface area contributed by atoms with Gasteiger partial charge in [-0.1, -0.05) is 30.3 Å². The molecule has 8 heteroatoms. The standard InChI is InChI=1S/C28H25F3N4O/c1-18-19(2)25(34-14-5-6-15-34)13-12-21(18)17-32-35-26(20-8-7-9-22(16-20)28(29,30)31)33-24-11-4-3-10-23(24)27(35)36/h3-4,7-13,16-17H,5-6,14-15H2,1-2H3. The number of rotatable bonds is 4. The highest BCUT2D eigenvalue weighted by Crippen LogP contribution is 2.32. The molecular weight excluding hydrogens is 465 g/mol. The van der Waals surface area contributed by atoms with Crippen molar-refractivity contribution in [3.63, 3.8) is 0 Å². The van der Waals surface area contributed by atoms with Crippen molar-refractivity contribution in [1.29, 1.82) is 0 Å². The Hall–Kier alpha value is -3.94. The van der Waals surface area contributed by atoms with E-state index in [-0.39, 0.29) is 11.4 Å². The molecule has 0 bridgehead atoms. The van der Waals surface area contributed by atoms with Gasteiger partial charge in [0.05, 0.1) is 22.7 Å². The normalized spacial score (nSPS) is 14.3. The maximum atomic E-state index is 13.4. The van der Waals surface area contributed by atoms with Gasteiger partial charge in [-0.3, -0.25) is 4.79 Å². The van der Waals surface area contributed by atoms with Crippen LogP contribution in [0.3, 0.4) is 0 Å². The van der Waals surface area contributed by atoms with Crippen LogP contribution >= 0.6 is 0 Å². The highest BCUT2D eigenvalue weighted by molar-refractivity contribution is 5.85. The second-order valence-corrected chi connectivity index (χ2v) is 9.01. The zero-order chi connectivity index (χ0) is 25.4. The van der Waals surface area contributed by atoms with Crippen molar-refractivity contribution < 1.29 is 13.2 Å². The summed E-state index contributed by atoms with van der Waals surface area (Å²) in [5.74, 6) is 0.0455. The van der Waals surface area contributed by atoms with Crippen LogP contribution in [0, 0.1) is 13.8 Å². The van der Waals surface area contributed by atoms with E-state index >= 15 is 0 Å². The molecule has 0 saturated carbocycles. The number of hydrogen-bond acceptors (Lipinski definition) is 4. The molecule has 36 heavy (non-hydrogen) atoms. The van der Waals surface area contributed by atoms with E-state index in [1.807, 2.05) is 13.0 Å². The number of hydrogen-bond donors (Lipinski definition) is 0. The number of para-hydroxylation sites is 1. The Kier molecular flexibility index (Phi) is 6.12. The highest BCUT2D eigenvalue weighted by atomic mass is 19.4. The fraction of sp³-hybridized carbons (Fsp3) is 0.250. The minimum atomic E-state index is -4.52. The Morgan fingerprint density at radius 2 is 1.69 bits per heavy atom. The topological polar surface area (TPSA) is 50.5 Å². The molecule has 184 valence electrons. The van der Waals surface area contributed by atoms with Gasteiger partial charge in [-0.2, -0.15) is 22.9 Å². The molecule has 0 aliphatic carbocycles. The number of benzene rings is 3. The number of halogens is 3. The summed E-state index contributed by atoms with van der Waals surface area (Å²) in [5, 5.41) is 4.78. The summed E-state index contributed by atoms with van der Waals surface area (Å²) in [6, 6.07) is 15.5. The van der Waals surface area contributed by atoms with Crippen LogP contribution in [0.15, 0.2) is 70.6 Å². The van der Waals surface area contributed by atoms with Crippen LogP contribution in [-0.4, -0.2) is 29.0 Å². The first-order chi connectivity index (χ1) is 17.2. The van der Waals surface area contributed by atoms with E-state index in [9.17, 15) is 18.0 Å². The van der Waals surface area contributed by atoms with E-state index < -0.39 is 17.3 Å². The zero-order valence-electron chi connectivity index (χ0n) is 20.0. The van der Waals surface area contributed by atoms with E-state index in [2.05, 4.69) is 28.0 Å². The van der Waals surface area contributed by atoms with E-state index in [4.69, 9.17) is 0 Å². The van der Waals surface area contributed by atoms with Crippen molar-refractivity contribution in [3.8, 4) is 11.4 Å². The molecule has 5 nitrogen and oxygen atoms in total. The number of aromatic nitrogens is 2. The molecule has 0 amide bonds. The van der Waals surface area contributed by atoms with Crippen LogP contribution in [0.5, 0.6) is 0 Å². The maximum Gasteiger partial charge on any atom is 0.416 e. The quantitative estimate of drug-likeness (QED) is 0.321. The van der Waals surface area contributed by atoms with Gasteiger partial charge >= 0.3 is 6.18 Å². The summed E-state index contributed by atoms with van der Waals surface area (Å²) >= 11 is 0. The minimum Gasteiger partial charge on any atom is -0.371 e. The zero-order valence-corrected chi connectivity index (χ0v) is 20.0. The van der Waals surface area contributed by atoms with Crippen molar-refractivity contribution in [2.24, 2.45) is 5.10 Å².